The number of hydrogen-bond donors (Lipinski definition) is 1. The second kappa shape index (κ2) is 8.26. The van der Waals surface area contributed by atoms with Crippen LogP contribution in [-0.2, 0) is 4.79 Å². The minimum absolute atomic E-state index is 0.0121. The largest absolute Gasteiger partial charge is 0.353 e. The zero-order chi connectivity index (χ0) is 15.3. The average molecular weight is 426 g/mol. The minimum atomic E-state index is -0.0554. The molecule has 1 heterocycles. The predicted octanol–water partition coefficient (Wildman–Crippen LogP) is 3.30. The van der Waals surface area contributed by atoms with Crippen molar-refractivity contribution in [1.29, 1.82) is 0 Å². The van der Waals surface area contributed by atoms with Crippen molar-refractivity contribution < 1.29 is 9.59 Å². The summed E-state index contributed by atoms with van der Waals surface area (Å²) >= 11 is 8.21. The highest BCUT2D eigenvalue weighted by molar-refractivity contribution is 9.12. The average Bonchev–Trinajstić information content (AvgIpc) is 2.66. The van der Waals surface area contributed by atoms with Crippen molar-refractivity contribution in [3.8, 4) is 0 Å². The van der Waals surface area contributed by atoms with Gasteiger partial charge in [-0.25, -0.2) is 0 Å². The molecule has 112 valence electrons. The number of thiophene rings is 1. The third-order valence-corrected chi connectivity index (χ3v) is 4.93. The van der Waals surface area contributed by atoms with Crippen LogP contribution in [0, 0.1) is 0 Å². The monoisotopic (exact) mass is 424 g/mol. The van der Waals surface area contributed by atoms with Crippen LogP contribution >= 0.6 is 43.2 Å². The number of amides is 1. The second-order valence-corrected chi connectivity index (χ2v) is 8.44. The number of likely N-dealkylation sites (N-methyl/N-ethyl adjacent to an activating group) is 1. The molecule has 4 nitrogen and oxygen atoms in total. The molecule has 0 saturated heterocycles. The Bertz CT molecular complexity index is 489. The zero-order valence-electron chi connectivity index (χ0n) is 11.7. The van der Waals surface area contributed by atoms with Crippen LogP contribution in [0.5, 0.6) is 0 Å². The maximum absolute atomic E-state index is 12.2. The highest BCUT2D eigenvalue weighted by atomic mass is 79.9. The zero-order valence-corrected chi connectivity index (χ0v) is 15.7. The van der Waals surface area contributed by atoms with E-state index in [4.69, 9.17) is 0 Å². The van der Waals surface area contributed by atoms with Crippen LogP contribution < -0.4 is 5.32 Å². The fourth-order valence-electron chi connectivity index (χ4n) is 1.67. The summed E-state index contributed by atoms with van der Waals surface area (Å²) in [7, 11) is 0. The van der Waals surface area contributed by atoms with E-state index in [0.29, 0.717) is 12.1 Å². The van der Waals surface area contributed by atoms with Crippen molar-refractivity contribution in [3.05, 3.63) is 19.2 Å². The lowest BCUT2D eigenvalue weighted by Gasteiger charge is -2.19. The molecular formula is C13H18Br2N2O2S. The number of halogens is 2. The maximum Gasteiger partial charge on any atom is 0.234 e. The molecule has 7 heteroatoms. The van der Waals surface area contributed by atoms with Crippen molar-refractivity contribution in [1.82, 2.24) is 10.2 Å². The Morgan fingerprint density at radius 2 is 2.00 bits per heavy atom. The van der Waals surface area contributed by atoms with E-state index in [1.165, 1.54) is 11.3 Å². The van der Waals surface area contributed by atoms with E-state index >= 15 is 0 Å². The van der Waals surface area contributed by atoms with Gasteiger partial charge in [0.25, 0.3) is 0 Å². The fourth-order valence-corrected chi connectivity index (χ4v) is 4.52. The Kier molecular flexibility index (Phi) is 7.36. The molecule has 0 aliphatic carbocycles. The van der Waals surface area contributed by atoms with Crippen LogP contribution in [0.3, 0.4) is 0 Å². The molecule has 0 aromatic carbocycles. The first-order valence-electron chi connectivity index (χ1n) is 6.33. The first kappa shape index (κ1) is 17.8. The minimum Gasteiger partial charge on any atom is -0.353 e. The van der Waals surface area contributed by atoms with E-state index in [1.54, 1.807) is 6.07 Å². The number of carbonyl (C=O) groups is 2. The SMILES string of the molecule is CCN(CC(=O)NC(C)C)CC(=O)c1cc(Br)sc1Br. The molecular weight excluding hydrogens is 408 g/mol. The molecule has 1 aromatic heterocycles. The highest BCUT2D eigenvalue weighted by Crippen LogP contribution is 2.32. The lowest BCUT2D eigenvalue weighted by atomic mass is 10.2. The summed E-state index contributed by atoms with van der Waals surface area (Å²) < 4.78 is 1.73. The maximum atomic E-state index is 12.2. The Morgan fingerprint density at radius 1 is 1.35 bits per heavy atom. The Hall–Kier alpha value is -0.240. The normalized spacial score (nSPS) is 11.2. The molecule has 0 fully saturated rings. The van der Waals surface area contributed by atoms with Crippen LogP contribution in [0.15, 0.2) is 13.6 Å². The van der Waals surface area contributed by atoms with Crippen LogP contribution in [-0.4, -0.2) is 42.3 Å². The van der Waals surface area contributed by atoms with Gasteiger partial charge in [-0.1, -0.05) is 6.92 Å². The summed E-state index contributed by atoms with van der Waals surface area (Å²) in [5, 5.41) is 2.83. The van der Waals surface area contributed by atoms with E-state index in [0.717, 1.165) is 7.57 Å². The first-order valence-corrected chi connectivity index (χ1v) is 8.73. The lowest BCUT2D eigenvalue weighted by molar-refractivity contribution is -0.122. The number of ketones is 1. The third-order valence-electron chi connectivity index (χ3n) is 2.59. The van der Waals surface area contributed by atoms with E-state index in [9.17, 15) is 9.59 Å². The number of nitrogens with zero attached hydrogens (tertiary/aromatic N) is 1. The summed E-state index contributed by atoms with van der Waals surface area (Å²) in [5.41, 5.74) is 0.657. The number of rotatable bonds is 7. The van der Waals surface area contributed by atoms with Gasteiger partial charge in [-0.2, -0.15) is 0 Å². The summed E-state index contributed by atoms with van der Waals surface area (Å²) in [4.78, 5) is 25.8. The molecule has 0 bridgehead atoms. The van der Waals surface area contributed by atoms with Gasteiger partial charge in [-0.3, -0.25) is 14.5 Å². The van der Waals surface area contributed by atoms with Crippen LogP contribution in [0.4, 0.5) is 0 Å². The quantitative estimate of drug-likeness (QED) is 0.681. The van der Waals surface area contributed by atoms with Crippen LogP contribution in [0.2, 0.25) is 0 Å². The standard InChI is InChI=1S/C13H18Br2N2O2S/c1-4-17(7-12(19)16-8(2)3)6-10(18)9-5-11(14)20-13(9)15/h5,8H,4,6-7H2,1-3H3,(H,16,19). The topological polar surface area (TPSA) is 49.4 Å². The molecule has 0 radical (unpaired) electrons. The van der Waals surface area contributed by atoms with Crippen molar-refractivity contribution in [2.24, 2.45) is 0 Å². The second-order valence-electron chi connectivity index (χ2n) is 4.69. The van der Waals surface area contributed by atoms with Gasteiger partial charge in [0.2, 0.25) is 5.91 Å². The smallest absolute Gasteiger partial charge is 0.234 e. The van der Waals surface area contributed by atoms with Gasteiger partial charge in [0.05, 0.1) is 20.7 Å². The van der Waals surface area contributed by atoms with E-state index in [1.807, 2.05) is 25.7 Å². The number of carbonyl (C=O) groups excluding carboxylic acids is 2. The molecule has 1 aromatic rings. The molecule has 1 rings (SSSR count). The molecule has 0 saturated carbocycles. The summed E-state index contributed by atoms with van der Waals surface area (Å²) in [6.45, 7) is 6.90. The first-order chi connectivity index (χ1) is 9.33. The van der Waals surface area contributed by atoms with Gasteiger partial charge < -0.3 is 5.32 Å². The van der Waals surface area contributed by atoms with E-state index in [-0.39, 0.29) is 30.8 Å². The van der Waals surface area contributed by atoms with Gasteiger partial charge in [-0.15, -0.1) is 11.3 Å². The molecule has 1 N–H and O–H groups in total. The van der Waals surface area contributed by atoms with Gasteiger partial charge in [-0.05, 0) is 58.3 Å². The van der Waals surface area contributed by atoms with Crippen molar-refractivity contribution >= 4 is 54.9 Å². The molecule has 0 aliphatic rings. The molecule has 0 unspecified atom stereocenters. The van der Waals surface area contributed by atoms with Crippen LogP contribution in [0.25, 0.3) is 0 Å². The number of nitrogens with one attached hydrogen (secondary N) is 1. The van der Waals surface area contributed by atoms with Gasteiger partial charge >= 0.3 is 0 Å². The van der Waals surface area contributed by atoms with Gasteiger partial charge in [0, 0.05) is 11.6 Å². The van der Waals surface area contributed by atoms with Crippen LogP contribution in [0.1, 0.15) is 31.1 Å². The molecule has 0 aliphatic heterocycles. The lowest BCUT2D eigenvalue weighted by Crippen LogP contribution is -2.41. The Labute approximate surface area is 140 Å². The third kappa shape index (κ3) is 5.63. The van der Waals surface area contributed by atoms with Crippen molar-refractivity contribution in [2.75, 3.05) is 19.6 Å². The molecule has 1 amide bonds. The predicted molar refractivity (Wildman–Crippen MR) is 89.4 cm³/mol. The Morgan fingerprint density at radius 3 is 2.45 bits per heavy atom. The Balaban J connectivity index is 2.62. The fraction of sp³-hybridized carbons (Fsp3) is 0.538. The molecule has 20 heavy (non-hydrogen) atoms. The summed E-state index contributed by atoms with van der Waals surface area (Å²) in [6.07, 6.45) is 0. The highest BCUT2D eigenvalue weighted by Gasteiger charge is 2.18. The van der Waals surface area contributed by atoms with Crippen molar-refractivity contribution in [3.63, 3.8) is 0 Å². The van der Waals surface area contributed by atoms with Gasteiger partial charge in [0.15, 0.2) is 5.78 Å². The van der Waals surface area contributed by atoms with E-state index < -0.39 is 0 Å². The molecule has 0 spiro atoms. The van der Waals surface area contributed by atoms with Crippen molar-refractivity contribution in [2.45, 2.75) is 26.8 Å². The van der Waals surface area contributed by atoms with Gasteiger partial charge in [0.1, 0.15) is 0 Å². The number of hydrogen-bond acceptors (Lipinski definition) is 4. The summed E-state index contributed by atoms with van der Waals surface area (Å²) in [5.74, 6) is -0.0433. The number of Topliss-reactive ketones (excluding diaryl/α,β-unsaturated/α-hetero) is 1. The van der Waals surface area contributed by atoms with E-state index in [2.05, 4.69) is 37.2 Å². The summed E-state index contributed by atoms with van der Waals surface area (Å²) in [6, 6.07) is 1.91. The molecule has 0 atom stereocenters.